The Morgan fingerprint density at radius 2 is 2.04 bits per heavy atom. The third-order valence-electron chi connectivity index (χ3n) is 4.59. The van der Waals surface area contributed by atoms with Gasteiger partial charge in [-0.2, -0.15) is 0 Å². The van der Waals surface area contributed by atoms with Crippen LogP contribution in [0.25, 0.3) is 0 Å². The van der Waals surface area contributed by atoms with Crippen LogP contribution < -0.4 is 10.2 Å². The zero-order valence-corrected chi connectivity index (χ0v) is 17.3. The lowest BCUT2D eigenvalue weighted by Crippen LogP contribution is -2.24. The molecule has 0 aliphatic carbocycles. The highest BCUT2D eigenvalue weighted by Crippen LogP contribution is 2.34. The molecule has 0 spiro atoms. The predicted octanol–water partition coefficient (Wildman–Crippen LogP) is 3.92. The Balaban J connectivity index is 1.43. The molecule has 1 aromatic carbocycles. The number of thiophene rings is 1. The minimum absolute atomic E-state index is 0.00577. The first kappa shape index (κ1) is 18.8. The molecule has 6 nitrogen and oxygen atoms in total. The molecule has 144 valence electrons. The van der Waals surface area contributed by atoms with Gasteiger partial charge in [-0.15, -0.1) is 21.5 Å². The summed E-state index contributed by atoms with van der Waals surface area (Å²) in [4.78, 5) is 27.5. The lowest BCUT2D eigenvalue weighted by molar-refractivity contribution is -0.117. The van der Waals surface area contributed by atoms with Crippen molar-refractivity contribution in [2.75, 3.05) is 16.8 Å². The summed E-state index contributed by atoms with van der Waals surface area (Å²) >= 11 is 2.90. The molecular weight excluding hydrogens is 392 g/mol. The molecule has 2 aromatic heterocycles. The van der Waals surface area contributed by atoms with E-state index in [2.05, 4.69) is 21.6 Å². The highest BCUT2D eigenvalue weighted by molar-refractivity contribution is 7.15. The highest BCUT2D eigenvalue weighted by Gasteiger charge is 2.34. The van der Waals surface area contributed by atoms with Crippen LogP contribution in [-0.4, -0.2) is 28.6 Å². The third kappa shape index (κ3) is 4.13. The van der Waals surface area contributed by atoms with Crippen LogP contribution in [0, 0.1) is 13.8 Å². The number of anilines is 2. The van der Waals surface area contributed by atoms with Crippen molar-refractivity contribution in [1.82, 2.24) is 10.2 Å². The van der Waals surface area contributed by atoms with E-state index in [0.717, 1.165) is 26.7 Å². The van der Waals surface area contributed by atoms with Crippen LogP contribution in [0.3, 0.4) is 0 Å². The number of nitrogens with zero attached hydrogens (tertiary/aromatic N) is 3. The number of benzene rings is 1. The normalized spacial score (nSPS) is 16.6. The van der Waals surface area contributed by atoms with Crippen LogP contribution in [0.2, 0.25) is 0 Å². The molecule has 0 unspecified atom stereocenters. The first-order valence-electron chi connectivity index (χ1n) is 9.02. The first-order chi connectivity index (χ1) is 13.5. The van der Waals surface area contributed by atoms with Gasteiger partial charge in [-0.1, -0.05) is 23.5 Å². The largest absolute Gasteiger partial charge is 0.312 e. The predicted molar refractivity (Wildman–Crippen MR) is 112 cm³/mol. The molecule has 1 atom stereocenters. The minimum Gasteiger partial charge on any atom is -0.312 e. The van der Waals surface area contributed by atoms with E-state index in [0.29, 0.717) is 24.5 Å². The Morgan fingerprint density at radius 1 is 1.25 bits per heavy atom. The average molecular weight is 413 g/mol. The number of carbonyl (C=O) groups is 2. The summed E-state index contributed by atoms with van der Waals surface area (Å²) in [5.74, 6) is -0.0215. The second-order valence-corrected chi connectivity index (χ2v) is 9.04. The van der Waals surface area contributed by atoms with Crippen molar-refractivity contribution < 1.29 is 9.59 Å². The second kappa shape index (κ2) is 7.81. The van der Waals surface area contributed by atoms with Crippen LogP contribution in [0.4, 0.5) is 10.8 Å². The van der Waals surface area contributed by atoms with Gasteiger partial charge in [-0.25, -0.2) is 0 Å². The maximum absolute atomic E-state index is 12.6. The molecule has 3 heterocycles. The molecule has 1 saturated heterocycles. The maximum atomic E-state index is 12.6. The first-order valence-corrected chi connectivity index (χ1v) is 10.7. The smallest absolute Gasteiger partial charge is 0.231 e. The van der Waals surface area contributed by atoms with E-state index in [4.69, 9.17) is 0 Å². The summed E-state index contributed by atoms with van der Waals surface area (Å²) < 4.78 is 0. The van der Waals surface area contributed by atoms with Crippen molar-refractivity contribution in [3.8, 4) is 0 Å². The summed E-state index contributed by atoms with van der Waals surface area (Å²) in [5.41, 5.74) is 3.20. The van der Waals surface area contributed by atoms with E-state index in [1.54, 1.807) is 11.3 Å². The van der Waals surface area contributed by atoms with Gasteiger partial charge in [0.2, 0.25) is 16.9 Å². The maximum Gasteiger partial charge on any atom is 0.231 e. The van der Waals surface area contributed by atoms with Crippen LogP contribution >= 0.6 is 22.7 Å². The van der Waals surface area contributed by atoms with E-state index in [1.807, 2.05) is 48.4 Å². The molecule has 1 N–H and O–H groups in total. The summed E-state index contributed by atoms with van der Waals surface area (Å²) in [7, 11) is 0. The molecule has 8 heteroatoms. The topological polar surface area (TPSA) is 75.2 Å². The quantitative estimate of drug-likeness (QED) is 0.689. The standard InChI is InChI=1S/C20H20N4O2S2/c1-12-6-13(2)8-15(7-12)24-11-14(9-18(24)26)19-22-23-20(28-19)21-17(25)10-16-4-3-5-27-16/h3-8,14H,9-11H2,1-2H3,(H,21,23,25)/t14-/m1/s1. The Hall–Kier alpha value is -2.58. The van der Waals surface area contributed by atoms with Gasteiger partial charge in [0.15, 0.2) is 0 Å². The van der Waals surface area contributed by atoms with Crippen molar-refractivity contribution >= 4 is 45.3 Å². The average Bonchev–Trinajstić information content (AvgIpc) is 3.35. The van der Waals surface area contributed by atoms with Gasteiger partial charge in [0.1, 0.15) is 5.01 Å². The number of carbonyl (C=O) groups excluding carboxylic acids is 2. The van der Waals surface area contributed by atoms with E-state index >= 15 is 0 Å². The molecule has 1 aliphatic heterocycles. The van der Waals surface area contributed by atoms with Gasteiger partial charge in [0, 0.05) is 29.4 Å². The molecule has 0 radical (unpaired) electrons. The van der Waals surface area contributed by atoms with E-state index < -0.39 is 0 Å². The Labute approximate surface area is 171 Å². The van der Waals surface area contributed by atoms with Gasteiger partial charge in [-0.3, -0.25) is 9.59 Å². The number of nitrogens with one attached hydrogen (secondary N) is 1. The zero-order valence-electron chi connectivity index (χ0n) is 15.6. The molecule has 0 saturated carbocycles. The zero-order chi connectivity index (χ0) is 19.7. The summed E-state index contributed by atoms with van der Waals surface area (Å²) in [6.45, 7) is 4.65. The summed E-state index contributed by atoms with van der Waals surface area (Å²) in [6.07, 6.45) is 0.736. The lowest BCUT2D eigenvalue weighted by atomic mass is 10.1. The van der Waals surface area contributed by atoms with Crippen LogP contribution in [0.5, 0.6) is 0 Å². The Morgan fingerprint density at radius 3 is 2.75 bits per heavy atom. The number of aryl methyl sites for hydroxylation is 2. The van der Waals surface area contributed by atoms with Gasteiger partial charge in [-0.05, 0) is 48.6 Å². The highest BCUT2D eigenvalue weighted by atomic mass is 32.1. The van der Waals surface area contributed by atoms with Crippen molar-refractivity contribution in [3.63, 3.8) is 0 Å². The summed E-state index contributed by atoms with van der Waals surface area (Å²) in [5, 5.41) is 14.3. The van der Waals surface area contributed by atoms with Crippen LogP contribution in [0.15, 0.2) is 35.7 Å². The molecule has 1 aliphatic rings. The number of hydrogen-bond donors (Lipinski definition) is 1. The van der Waals surface area contributed by atoms with Crippen molar-refractivity contribution in [2.24, 2.45) is 0 Å². The Bertz CT molecular complexity index is 993. The fourth-order valence-corrected chi connectivity index (χ4v) is 4.97. The molecular formula is C20H20N4O2S2. The molecule has 28 heavy (non-hydrogen) atoms. The van der Waals surface area contributed by atoms with Gasteiger partial charge >= 0.3 is 0 Å². The lowest BCUT2D eigenvalue weighted by Gasteiger charge is -2.17. The summed E-state index contributed by atoms with van der Waals surface area (Å²) in [6, 6.07) is 10.0. The van der Waals surface area contributed by atoms with Gasteiger partial charge in [0.05, 0.1) is 6.42 Å². The van der Waals surface area contributed by atoms with Crippen molar-refractivity contribution in [2.45, 2.75) is 32.6 Å². The third-order valence-corrected chi connectivity index (χ3v) is 6.47. The fourth-order valence-electron chi connectivity index (χ4n) is 3.41. The minimum atomic E-state index is -0.107. The fraction of sp³-hybridized carbons (Fsp3) is 0.300. The number of rotatable bonds is 5. The number of aromatic nitrogens is 2. The van der Waals surface area contributed by atoms with Crippen molar-refractivity contribution in [3.05, 3.63) is 56.7 Å². The molecule has 4 rings (SSSR count). The number of hydrogen-bond acceptors (Lipinski definition) is 6. The molecule has 1 fully saturated rings. The second-order valence-electron chi connectivity index (χ2n) is 7.00. The Kier molecular flexibility index (Phi) is 5.23. The molecule has 3 aromatic rings. The van der Waals surface area contributed by atoms with Gasteiger partial charge in [0.25, 0.3) is 0 Å². The van der Waals surface area contributed by atoms with Crippen LogP contribution in [0.1, 0.15) is 33.4 Å². The monoisotopic (exact) mass is 412 g/mol. The molecule has 0 bridgehead atoms. The van der Waals surface area contributed by atoms with Crippen molar-refractivity contribution in [1.29, 1.82) is 0 Å². The van der Waals surface area contributed by atoms with Gasteiger partial charge < -0.3 is 10.2 Å². The molecule has 2 amide bonds. The van der Waals surface area contributed by atoms with E-state index in [1.165, 1.54) is 11.3 Å². The van der Waals surface area contributed by atoms with Crippen LogP contribution in [-0.2, 0) is 16.0 Å². The van der Waals surface area contributed by atoms with E-state index in [-0.39, 0.29) is 17.7 Å². The van der Waals surface area contributed by atoms with E-state index in [9.17, 15) is 9.59 Å². The number of amides is 2. The SMILES string of the molecule is Cc1cc(C)cc(N2C[C@H](c3nnc(NC(=O)Cc4cccs4)s3)CC2=O)c1.